The van der Waals surface area contributed by atoms with Crippen molar-refractivity contribution in [3.8, 4) is 0 Å². The highest BCUT2D eigenvalue weighted by Gasteiger charge is 2.29. The maximum Gasteiger partial charge on any atom is 0.339 e. The Kier molecular flexibility index (Phi) is 6.63. The van der Waals surface area contributed by atoms with Gasteiger partial charge >= 0.3 is 5.97 Å². The number of amides is 1. The summed E-state index contributed by atoms with van der Waals surface area (Å²) < 4.78 is 10.8. The number of rotatable bonds is 6. The van der Waals surface area contributed by atoms with Crippen molar-refractivity contribution in [2.45, 2.75) is 6.10 Å². The number of benzene rings is 2. The largest absolute Gasteiger partial charge is 0.444 e. The minimum Gasteiger partial charge on any atom is -0.444 e. The van der Waals surface area contributed by atoms with Crippen molar-refractivity contribution >= 4 is 23.3 Å². The van der Waals surface area contributed by atoms with Crippen molar-refractivity contribution in [3.05, 3.63) is 69.8 Å². The van der Waals surface area contributed by atoms with Gasteiger partial charge in [-0.25, -0.2) is 4.79 Å². The van der Waals surface area contributed by atoms with E-state index in [0.29, 0.717) is 37.6 Å². The lowest BCUT2D eigenvalue weighted by molar-refractivity contribution is -0.384. The molecule has 0 aromatic heterocycles. The molecule has 30 heavy (non-hydrogen) atoms. The quantitative estimate of drug-likeness (QED) is 0.407. The van der Waals surface area contributed by atoms with Crippen LogP contribution in [-0.2, 0) is 14.3 Å². The first-order chi connectivity index (χ1) is 14.4. The van der Waals surface area contributed by atoms with E-state index in [0.717, 1.165) is 0 Å². The van der Waals surface area contributed by atoms with Crippen LogP contribution in [0.25, 0.3) is 0 Å². The van der Waals surface area contributed by atoms with Crippen molar-refractivity contribution in [2.75, 3.05) is 45.3 Å². The number of hydrogen-bond donors (Lipinski definition) is 0. The first-order valence-electron chi connectivity index (χ1n) is 9.46. The summed E-state index contributed by atoms with van der Waals surface area (Å²) in [6.07, 6.45) is -1.15. The third-order valence-corrected chi connectivity index (χ3v) is 4.75. The lowest BCUT2D eigenvalue weighted by Crippen LogP contribution is -2.36. The third-order valence-electron chi connectivity index (χ3n) is 4.75. The number of likely N-dealkylation sites (N-methyl/N-ethyl adjacent to an activating group) is 1. The second-order valence-corrected chi connectivity index (χ2v) is 6.99. The molecule has 0 saturated carbocycles. The molecule has 0 unspecified atom stereocenters. The number of morpholine rings is 1. The molecule has 1 fully saturated rings. The van der Waals surface area contributed by atoms with Crippen molar-refractivity contribution in [1.29, 1.82) is 0 Å². The highest BCUT2D eigenvalue weighted by Crippen LogP contribution is 2.31. The van der Waals surface area contributed by atoms with Gasteiger partial charge in [0.15, 0.2) is 0 Å². The SMILES string of the molecule is CN(C)C(=O)[C@@H](OC(=O)c1ccc(N2CCOCC2)c([N+](=O)[O-])c1)c1ccccc1. The van der Waals surface area contributed by atoms with Crippen LogP contribution in [0.3, 0.4) is 0 Å². The molecule has 0 spiro atoms. The van der Waals surface area contributed by atoms with Gasteiger partial charge in [0.2, 0.25) is 6.10 Å². The number of hydrogen-bond acceptors (Lipinski definition) is 7. The van der Waals surface area contributed by atoms with E-state index < -0.39 is 22.9 Å². The second-order valence-electron chi connectivity index (χ2n) is 6.99. The summed E-state index contributed by atoms with van der Waals surface area (Å²) in [6, 6.07) is 12.8. The highest BCUT2D eigenvalue weighted by atomic mass is 16.6. The van der Waals surface area contributed by atoms with Gasteiger partial charge in [-0.1, -0.05) is 30.3 Å². The topological polar surface area (TPSA) is 102 Å². The zero-order valence-electron chi connectivity index (χ0n) is 16.8. The Labute approximate surface area is 173 Å². The number of esters is 1. The molecular weight excluding hydrogens is 390 g/mol. The van der Waals surface area contributed by atoms with Crippen LogP contribution in [0.2, 0.25) is 0 Å². The second kappa shape index (κ2) is 9.36. The smallest absolute Gasteiger partial charge is 0.339 e. The zero-order chi connectivity index (χ0) is 21.7. The van der Waals surface area contributed by atoms with E-state index in [9.17, 15) is 19.7 Å². The molecule has 1 amide bonds. The van der Waals surface area contributed by atoms with Crippen LogP contribution >= 0.6 is 0 Å². The summed E-state index contributed by atoms with van der Waals surface area (Å²) in [7, 11) is 3.13. The fraction of sp³-hybridized carbons (Fsp3) is 0.333. The molecular formula is C21H23N3O6. The van der Waals surface area contributed by atoms with E-state index >= 15 is 0 Å². The van der Waals surface area contributed by atoms with E-state index in [1.165, 1.54) is 23.1 Å². The van der Waals surface area contributed by atoms with Crippen LogP contribution in [0.1, 0.15) is 22.0 Å². The molecule has 0 radical (unpaired) electrons. The molecule has 9 heteroatoms. The van der Waals surface area contributed by atoms with Gasteiger partial charge < -0.3 is 19.3 Å². The summed E-state index contributed by atoms with van der Waals surface area (Å²) in [5.74, 6) is -1.22. The van der Waals surface area contributed by atoms with Crippen LogP contribution in [0, 0.1) is 10.1 Å². The first kappa shape index (κ1) is 21.3. The van der Waals surface area contributed by atoms with E-state index in [4.69, 9.17) is 9.47 Å². The molecule has 1 heterocycles. The fourth-order valence-electron chi connectivity index (χ4n) is 3.17. The monoisotopic (exact) mass is 413 g/mol. The average Bonchev–Trinajstić information content (AvgIpc) is 2.77. The van der Waals surface area contributed by atoms with Crippen LogP contribution in [0.15, 0.2) is 48.5 Å². The average molecular weight is 413 g/mol. The Morgan fingerprint density at radius 1 is 1.13 bits per heavy atom. The van der Waals surface area contributed by atoms with Gasteiger partial charge in [0, 0.05) is 38.8 Å². The third kappa shape index (κ3) is 4.74. The predicted octanol–water partition coefficient (Wildman–Crippen LogP) is 2.42. The van der Waals surface area contributed by atoms with Crippen molar-refractivity contribution in [1.82, 2.24) is 4.90 Å². The molecule has 0 bridgehead atoms. The number of ether oxygens (including phenoxy) is 2. The van der Waals surface area contributed by atoms with E-state index in [1.807, 2.05) is 4.90 Å². The molecule has 158 valence electrons. The molecule has 2 aromatic carbocycles. The highest BCUT2D eigenvalue weighted by molar-refractivity contribution is 5.94. The first-order valence-corrected chi connectivity index (χ1v) is 9.46. The van der Waals surface area contributed by atoms with Gasteiger partial charge in [-0.15, -0.1) is 0 Å². The summed E-state index contributed by atoms with van der Waals surface area (Å²) in [5, 5.41) is 11.6. The summed E-state index contributed by atoms with van der Waals surface area (Å²) in [5.41, 5.74) is 0.751. The molecule has 0 aliphatic carbocycles. The zero-order valence-corrected chi connectivity index (χ0v) is 16.8. The van der Waals surface area contributed by atoms with Crippen LogP contribution in [0.5, 0.6) is 0 Å². The Balaban J connectivity index is 1.88. The van der Waals surface area contributed by atoms with Gasteiger partial charge in [-0.05, 0) is 12.1 Å². The Hall–Kier alpha value is -3.46. The maximum atomic E-state index is 12.8. The van der Waals surface area contributed by atoms with E-state index in [-0.39, 0.29) is 11.3 Å². The van der Waals surface area contributed by atoms with E-state index in [2.05, 4.69) is 0 Å². The van der Waals surface area contributed by atoms with Gasteiger partial charge in [0.05, 0.1) is 23.7 Å². The number of nitro benzene ring substituents is 1. The lowest BCUT2D eigenvalue weighted by Gasteiger charge is -2.28. The minimum absolute atomic E-state index is 0.00574. The summed E-state index contributed by atoms with van der Waals surface area (Å²) in [6.45, 7) is 2.01. The van der Waals surface area contributed by atoms with Crippen molar-refractivity contribution < 1.29 is 24.0 Å². The summed E-state index contributed by atoms with van der Waals surface area (Å²) in [4.78, 5) is 39.6. The lowest BCUT2D eigenvalue weighted by atomic mass is 10.1. The molecule has 1 saturated heterocycles. The minimum atomic E-state index is -1.15. The predicted molar refractivity (Wildman–Crippen MR) is 109 cm³/mol. The van der Waals surface area contributed by atoms with Crippen LogP contribution in [-0.4, -0.2) is 62.1 Å². The molecule has 3 rings (SSSR count). The maximum absolute atomic E-state index is 12.8. The standard InChI is InChI=1S/C21H23N3O6/c1-22(2)20(25)19(15-6-4-3-5-7-15)30-21(26)16-8-9-17(18(14-16)24(27)28)23-10-12-29-13-11-23/h3-9,14,19H,10-13H2,1-2H3/t19-/m0/s1. The Morgan fingerprint density at radius 2 is 1.80 bits per heavy atom. The molecule has 0 N–H and O–H groups in total. The van der Waals surface area contributed by atoms with Crippen LogP contribution in [0.4, 0.5) is 11.4 Å². The Morgan fingerprint density at radius 3 is 2.40 bits per heavy atom. The summed E-state index contributed by atoms with van der Waals surface area (Å²) >= 11 is 0. The molecule has 2 aromatic rings. The van der Waals surface area contributed by atoms with Gasteiger partial charge in [-0.3, -0.25) is 14.9 Å². The molecule has 1 atom stereocenters. The number of anilines is 1. The fourth-order valence-corrected chi connectivity index (χ4v) is 3.17. The number of carbonyl (C=O) groups is 2. The molecule has 1 aliphatic rings. The number of carbonyl (C=O) groups excluding carboxylic acids is 2. The normalized spacial score (nSPS) is 14.7. The van der Waals surface area contributed by atoms with Gasteiger partial charge in [0.25, 0.3) is 11.6 Å². The molecule has 9 nitrogen and oxygen atoms in total. The van der Waals surface area contributed by atoms with E-state index in [1.54, 1.807) is 44.4 Å². The van der Waals surface area contributed by atoms with Gasteiger partial charge in [0.1, 0.15) is 5.69 Å². The van der Waals surface area contributed by atoms with Crippen LogP contribution < -0.4 is 4.90 Å². The molecule has 1 aliphatic heterocycles. The van der Waals surface area contributed by atoms with Crippen molar-refractivity contribution in [2.24, 2.45) is 0 Å². The number of nitrogens with zero attached hydrogens (tertiary/aromatic N) is 3. The Bertz CT molecular complexity index is 926. The number of nitro groups is 1. The van der Waals surface area contributed by atoms with Crippen molar-refractivity contribution in [3.63, 3.8) is 0 Å². The van der Waals surface area contributed by atoms with Gasteiger partial charge in [-0.2, -0.15) is 0 Å².